The Kier molecular flexibility index (Phi) is 5.90. The summed E-state index contributed by atoms with van der Waals surface area (Å²) < 4.78 is 26.5. The van der Waals surface area contributed by atoms with Crippen molar-refractivity contribution in [3.05, 3.63) is 71.4 Å². The monoisotopic (exact) mass is 428 g/mol. The van der Waals surface area contributed by atoms with E-state index in [9.17, 15) is 13.6 Å². The number of rotatable bonds is 4. The summed E-state index contributed by atoms with van der Waals surface area (Å²) in [7, 11) is 0. The van der Waals surface area contributed by atoms with Crippen LogP contribution in [-0.4, -0.2) is 29.0 Å². The largest absolute Gasteiger partial charge is 0.356 e. The van der Waals surface area contributed by atoms with Crippen LogP contribution >= 0.6 is 11.6 Å². The molecule has 1 N–H and O–H groups in total. The van der Waals surface area contributed by atoms with Gasteiger partial charge in [-0.2, -0.15) is 0 Å². The number of anilines is 2. The van der Waals surface area contributed by atoms with Crippen LogP contribution in [0.4, 0.5) is 20.3 Å². The quantitative estimate of drug-likeness (QED) is 0.640. The van der Waals surface area contributed by atoms with Crippen LogP contribution in [0.25, 0.3) is 11.4 Å². The van der Waals surface area contributed by atoms with Crippen molar-refractivity contribution in [3.8, 4) is 11.4 Å². The highest BCUT2D eigenvalue weighted by Gasteiger charge is 2.27. The molecule has 0 saturated carbocycles. The molecule has 1 fully saturated rings. The van der Waals surface area contributed by atoms with Gasteiger partial charge in [-0.3, -0.25) is 4.79 Å². The smallest absolute Gasteiger partial charge is 0.229 e. The topological polar surface area (TPSA) is 58.1 Å². The first-order chi connectivity index (χ1) is 14.5. The summed E-state index contributed by atoms with van der Waals surface area (Å²) >= 11 is 5.79. The number of carbonyl (C=O) groups is 1. The van der Waals surface area contributed by atoms with Crippen molar-refractivity contribution in [1.82, 2.24) is 9.97 Å². The molecule has 2 heterocycles. The molecule has 1 saturated heterocycles. The Bertz CT molecular complexity index is 1060. The Balaban J connectivity index is 1.47. The number of piperidine rings is 1. The van der Waals surface area contributed by atoms with E-state index in [-0.39, 0.29) is 22.7 Å². The second-order valence-corrected chi connectivity index (χ2v) is 7.56. The van der Waals surface area contributed by atoms with Crippen LogP contribution in [0.15, 0.2) is 54.7 Å². The summed E-state index contributed by atoms with van der Waals surface area (Å²) in [6.45, 7) is 1.27. The third-order valence-electron chi connectivity index (χ3n) is 5.05. The fraction of sp³-hybridized carbons (Fsp3) is 0.227. The first-order valence-corrected chi connectivity index (χ1v) is 9.97. The number of nitrogens with zero attached hydrogens (tertiary/aromatic N) is 3. The van der Waals surface area contributed by atoms with Crippen molar-refractivity contribution in [3.63, 3.8) is 0 Å². The molecule has 154 valence electrons. The second-order valence-electron chi connectivity index (χ2n) is 7.15. The molecule has 0 spiro atoms. The van der Waals surface area contributed by atoms with Crippen LogP contribution in [0, 0.1) is 17.6 Å². The Morgan fingerprint density at radius 2 is 1.93 bits per heavy atom. The standard InChI is InChI=1S/C22H19ClF2N4O/c23-18-12-17(7-8-19(18)25)27-22(30)15-2-1-11-29(13-15)20-9-10-26-21(28-20)14-3-5-16(24)6-4-14/h3-10,12,15H,1-2,11,13H2,(H,27,30)/t15-/m1/s1. The van der Waals surface area contributed by atoms with Gasteiger partial charge in [-0.1, -0.05) is 11.6 Å². The molecule has 1 amide bonds. The maximum Gasteiger partial charge on any atom is 0.229 e. The van der Waals surface area contributed by atoms with Gasteiger partial charge in [0.2, 0.25) is 5.91 Å². The van der Waals surface area contributed by atoms with Crippen LogP contribution in [0.2, 0.25) is 5.02 Å². The minimum atomic E-state index is -0.528. The number of halogens is 3. The zero-order valence-corrected chi connectivity index (χ0v) is 16.7. The minimum absolute atomic E-state index is 0.0348. The van der Waals surface area contributed by atoms with Gasteiger partial charge in [0.05, 0.1) is 10.9 Å². The summed E-state index contributed by atoms with van der Waals surface area (Å²) in [5.74, 6) is -0.0184. The van der Waals surface area contributed by atoms with E-state index in [2.05, 4.69) is 15.3 Å². The lowest BCUT2D eigenvalue weighted by molar-refractivity contribution is -0.120. The average Bonchev–Trinajstić information content (AvgIpc) is 2.77. The predicted octanol–water partition coefficient (Wildman–Crippen LogP) is 4.93. The van der Waals surface area contributed by atoms with Gasteiger partial charge in [-0.15, -0.1) is 0 Å². The molecule has 3 aromatic rings. The average molecular weight is 429 g/mol. The predicted molar refractivity (Wildman–Crippen MR) is 112 cm³/mol. The molecule has 5 nitrogen and oxygen atoms in total. The van der Waals surface area contributed by atoms with Crippen LogP contribution in [0.5, 0.6) is 0 Å². The fourth-order valence-corrected chi connectivity index (χ4v) is 3.66. The van der Waals surface area contributed by atoms with Crippen LogP contribution in [-0.2, 0) is 4.79 Å². The molecular weight excluding hydrogens is 410 g/mol. The van der Waals surface area contributed by atoms with Crippen molar-refractivity contribution < 1.29 is 13.6 Å². The molecule has 0 bridgehead atoms. The number of aromatic nitrogens is 2. The van der Waals surface area contributed by atoms with Crippen LogP contribution in [0.3, 0.4) is 0 Å². The summed E-state index contributed by atoms with van der Waals surface area (Å²) in [4.78, 5) is 23.6. The normalized spacial score (nSPS) is 16.4. The molecule has 2 aromatic carbocycles. The molecule has 0 unspecified atom stereocenters. The second kappa shape index (κ2) is 8.75. The SMILES string of the molecule is O=C(Nc1ccc(F)c(Cl)c1)[C@@H]1CCCN(c2ccnc(-c3ccc(F)cc3)n2)C1. The van der Waals surface area contributed by atoms with Gasteiger partial charge in [0.1, 0.15) is 17.5 Å². The lowest BCUT2D eigenvalue weighted by Gasteiger charge is -2.33. The first kappa shape index (κ1) is 20.2. The highest BCUT2D eigenvalue weighted by Crippen LogP contribution is 2.26. The lowest BCUT2D eigenvalue weighted by atomic mass is 9.97. The first-order valence-electron chi connectivity index (χ1n) is 9.59. The molecule has 1 aliphatic rings. The van der Waals surface area contributed by atoms with Gasteiger partial charge in [-0.05, 0) is 61.4 Å². The summed E-state index contributed by atoms with van der Waals surface area (Å²) in [5.41, 5.74) is 1.18. The Labute approximate surface area is 177 Å². The van der Waals surface area contributed by atoms with Gasteiger partial charge in [0.15, 0.2) is 5.82 Å². The molecular formula is C22H19ClF2N4O. The molecule has 1 aliphatic heterocycles. The maximum atomic E-state index is 13.3. The van der Waals surface area contributed by atoms with E-state index in [4.69, 9.17) is 11.6 Å². The molecule has 1 atom stereocenters. The maximum absolute atomic E-state index is 13.3. The van der Waals surface area contributed by atoms with Crippen molar-refractivity contribution >= 4 is 29.0 Å². The van der Waals surface area contributed by atoms with E-state index in [1.54, 1.807) is 24.4 Å². The third kappa shape index (κ3) is 4.57. The van der Waals surface area contributed by atoms with E-state index in [0.717, 1.165) is 24.9 Å². The summed E-state index contributed by atoms with van der Waals surface area (Å²) in [5, 5.41) is 2.77. The fourth-order valence-electron chi connectivity index (χ4n) is 3.48. The Morgan fingerprint density at radius 3 is 2.70 bits per heavy atom. The third-order valence-corrected chi connectivity index (χ3v) is 5.34. The molecule has 8 heteroatoms. The molecule has 1 aromatic heterocycles. The van der Waals surface area contributed by atoms with Crippen molar-refractivity contribution in [1.29, 1.82) is 0 Å². The number of benzene rings is 2. The van der Waals surface area contributed by atoms with Crippen molar-refractivity contribution in [2.75, 3.05) is 23.3 Å². The zero-order valence-electron chi connectivity index (χ0n) is 16.0. The van der Waals surface area contributed by atoms with Crippen LogP contribution in [0.1, 0.15) is 12.8 Å². The summed E-state index contributed by atoms with van der Waals surface area (Å²) in [6, 6.07) is 11.9. The number of amides is 1. The number of hydrogen-bond donors (Lipinski definition) is 1. The van der Waals surface area contributed by atoms with Crippen LogP contribution < -0.4 is 10.2 Å². The van der Waals surface area contributed by atoms with E-state index in [0.29, 0.717) is 23.9 Å². The highest BCUT2D eigenvalue weighted by molar-refractivity contribution is 6.31. The number of carbonyl (C=O) groups excluding carboxylic acids is 1. The van der Waals surface area contributed by atoms with Gasteiger partial charge in [0, 0.05) is 30.5 Å². The van der Waals surface area contributed by atoms with Gasteiger partial charge >= 0.3 is 0 Å². The summed E-state index contributed by atoms with van der Waals surface area (Å²) in [6.07, 6.45) is 3.23. The van der Waals surface area contributed by atoms with Gasteiger partial charge < -0.3 is 10.2 Å². The van der Waals surface area contributed by atoms with Gasteiger partial charge in [0.25, 0.3) is 0 Å². The van der Waals surface area contributed by atoms with E-state index in [1.807, 2.05) is 4.90 Å². The molecule has 4 rings (SSSR count). The Morgan fingerprint density at radius 1 is 1.13 bits per heavy atom. The minimum Gasteiger partial charge on any atom is -0.356 e. The molecule has 0 radical (unpaired) electrons. The number of nitrogens with one attached hydrogen (secondary N) is 1. The van der Waals surface area contributed by atoms with Crippen molar-refractivity contribution in [2.45, 2.75) is 12.8 Å². The highest BCUT2D eigenvalue weighted by atomic mass is 35.5. The molecule has 30 heavy (non-hydrogen) atoms. The van der Waals surface area contributed by atoms with E-state index < -0.39 is 5.82 Å². The number of hydrogen-bond acceptors (Lipinski definition) is 4. The van der Waals surface area contributed by atoms with Gasteiger partial charge in [-0.25, -0.2) is 18.7 Å². The molecule has 0 aliphatic carbocycles. The van der Waals surface area contributed by atoms with E-state index >= 15 is 0 Å². The Hall–Kier alpha value is -3.06. The van der Waals surface area contributed by atoms with Crippen molar-refractivity contribution in [2.24, 2.45) is 5.92 Å². The lowest BCUT2D eigenvalue weighted by Crippen LogP contribution is -2.41. The van der Waals surface area contributed by atoms with E-state index in [1.165, 1.54) is 30.3 Å². The zero-order chi connectivity index (χ0) is 21.1.